The highest BCUT2D eigenvalue weighted by atomic mass is 16.2. The van der Waals surface area contributed by atoms with Crippen LogP contribution in [0, 0.1) is 0 Å². The average molecular weight is 327 g/mol. The molecule has 2 heterocycles. The van der Waals surface area contributed by atoms with E-state index in [2.05, 4.69) is 42.4 Å². The molecule has 0 radical (unpaired) electrons. The van der Waals surface area contributed by atoms with E-state index in [-0.39, 0.29) is 11.3 Å². The molecular weight excluding hydrogens is 298 g/mol. The van der Waals surface area contributed by atoms with Crippen molar-refractivity contribution in [1.29, 1.82) is 0 Å². The fraction of sp³-hybridized carbons (Fsp3) is 0.600. The van der Waals surface area contributed by atoms with Crippen LogP contribution in [0.15, 0.2) is 24.3 Å². The van der Waals surface area contributed by atoms with Crippen LogP contribution in [0.1, 0.15) is 58.7 Å². The number of likely N-dealkylation sites (tertiary alicyclic amines) is 1. The van der Waals surface area contributed by atoms with E-state index < -0.39 is 0 Å². The van der Waals surface area contributed by atoms with E-state index >= 15 is 0 Å². The lowest BCUT2D eigenvalue weighted by molar-refractivity contribution is -0.131. The predicted molar refractivity (Wildman–Crippen MR) is 98.1 cm³/mol. The number of hydrogen-bond donors (Lipinski definition) is 0. The Kier molecular flexibility index (Phi) is 4.93. The van der Waals surface area contributed by atoms with Gasteiger partial charge in [0.1, 0.15) is 5.82 Å². The maximum Gasteiger partial charge on any atom is 0.224 e. The second-order valence-electron chi connectivity index (χ2n) is 7.87. The Morgan fingerprint density at radius 1 is 1.08 bits per heavy atom. The van der Waals surface area contributed by atoms with Crippen LogP contribution in [-0.4, -0.2) is 33.4 Å². The molecule has 24 heavy (non-hydrogen) atoms. The zero-order valence-corrected chi connectivity index (χ0v) is 15.2. The van der Waals surface area contributed by atoms with Gasteiger partial charge in [-0.3, -0.25) is 4.79 Å². The minimum Gasteiger partial charge on any atom is -0.343 e. The number of nitrogens with zero attached hydrogens (tertiary/aromatic N) is 3. The average Bonchev–Trinajstić information content (AvgIpc) is 2.72. The topological polar surface area (TPSA) is 38.1 Å². The largest absolute Gasteiger partial charge is 0.343 e. The van der Waals surface area contributed by atoms with Crippen LogP contribution in [0.25, 0.3) is 11.0 Å². The lowest BCUT2D eigenvalue weighted by atomic mass is 9.95. The van der Waals surface area contributed by atoms with Gasteiger partial charge in [0.2, 0.25) is 5.91 Å². The van der Waals surface area contributed by atoms with Gasteiger partial charge in [0.25, 0.3) is 0 Å². The van der Waals surface area contributed by atoms with Gasteiger partial charge in [0.05, 0.1) is 11.0 Å². The van der Waals surface area contributed by atoms with Crippen molar-refractivity contribution in [1.82, 2.24) is 14.5 Å². The van der Waals surface area contributed by atoms with Crippen LogP contribution in [0.3, 0.4) is 0 Å². The Balaban J connectivity index is 1.80. The van der Waals surface area contributed by atoms with Crippen molar-refractivity contribution >= 4 is 16.9 Å². The molecule has 1 aliphatic heterocycles. The van der Waals surface area contributed by atoms with Crippen molar-refractivity contribution in [3.05, 3.63) is 30.1 Å². The summed E-state index contributed by atoms with van der Waals surface area (Å²) < 4.78 is 2.24. The van der Waals surface area contributed by atoms with Gasteiger partial charge in [-0.25, -0.2) is 4.98 Å². The number of benzene rings is 1. The van der Waals surface area contributed by atoms with Gasteiger partial charge in [-0.2, -0.15) is 0 Å². The molecule has 1 fully saturated rings. The van der Waals surface area contributed by atoms with Crippen LogP contribution in [0.2, 0.25) is 0 Å². The zero-order chi connectivity index (χ0) is 17.2. The summed E-state index contributed by atoms with van der Waals surface area (Å²) in [4.78, 5) is 19.5. The number of para-hydroxylation sites is 2. The summed E-state index contributed by atoms with van der Waals surface area (Å²) in [5, 5.41) is 0. The molecular formula is C20H29N3O. The molecule has 1 aromatic heterocycles. The Morgan fingerprint density at radius 2 is 1.75 bits per heavy atom. The van der Waals surface area contributed by atoms with E-state index in [9.17, 15) is 4.79 Å². The number of amides is 1. The van der Waals surface area contributed by atoms with Gasteiger partial charge in [-0.05, 0) is 25.0 Å². The molecule has 0 unspecified atom stereocenters. The lowest BCUT2D eigenvalue weighted by Gasteiger charge is -2.23. The van der Waals surface area contributed by atoms with Crippen LogP contribution in [0.4, 0.5) is 0 Å². The van der Waals surface area contributed by atoms with Crippen molar-refractivity contribution in [2.75, 3.05) is 13.1 Å². The number of carbonyl (C=O) groups excluding carboxylic acids is 1. The molecule has 0 saturated carbocycles. The first kappa shape index (κ1) is 17.0. The summed E-state index contributed by atoms with van der Waals surface area (Å²) in [6.07, 6.45) is 5.36. The summed E-state index contributed by atoms with van der Waals surface area (Å²) in [7, 11) is 0. The Labute approximate surface area is 144 Å². The standard InChI is InChI=1S/C20H29N3O/c1-20(2,3)19-21-16-10-6-7-11-17(16)23(19)15-12-18(24)22-13-8-4-5-9-14-22/h6-7,10-11H,4-5,8-9,12-15H2,1-3H3. The number of carbonyl (C=O) groups is 1. The SMILES string of the molecule is CC(C)(C)c1nc2ccccc2n1CCC(=O)N1CCCCCC1. The Hall–Kier alpha value is -1.84. The van der Waals surface area contributed by atoms with E-state index in [1.54, 1.807) is 0 Å². The molecule has 2 aromatic rings. The smallest absolute Gasteiger partial charge is 0.224 e. The van der Waals surface area contributed by atoms with Crippen molar-refractivity contribution in [3.63, 3.8) is 0 Å². The molecule has 0 bridgehead atoms. The first-order valence-corrected chi connectivity index (χ1v) is 9.20. The van der Waals surface area contributed by atoms with Crippen molar-refractivity contribution in [3.8, 4) is 0 Å². The monoisotopic (exact) mass is 327 g/mol. The van der Waals surface area contributed by atoms with Gasteiger partial charge >= 0.3 is 0 Å². The molecule has 4 heteroatoms. The van der Waals surface area contributed by atoms with Crippen LogP contribution in [0.5, 0.6) is 0 Å². The van der Waals surface area contributed by atoms with Crippen molar-refractivity contribution in [2.24, 2.45) is 0 Å². The molecule has 1 saturated heterocycles. The van der Waals surface area contributed by atoms with Crippen LogP contribution >= 0.6 is 0 Å². The molecule has 0 spiro atoms. The minimum atomic E-state index is -0.0370. The Bertz CT molecular complexity index is 703. The van der Waals surface area contributed by atoms with E-state index in [0.29, 0.717) is 13.0 Å². The van der Waals surface area contributed by atoms with Crippen molar-refractivity contribution in [2.45, 2.75) is 64.8 Å². The number of hydrogen-bond acceptors (Lipinski definition) is 2. The maximum absolute atomic E-state index is 12.6. The summed E-state index contributed by atoms with van der Waals surface area (Å²) in [6.45, 7) is 9.11. The van der Waals surface area contributed by atoms with Gasteiger partial charge in [0, 0.05) is 31.5 Å². The first-order chi connectivity index (χ1) is 11.5. The Morgan fingerprint density at radius 3 is 2.42 bits per heavy atom. The highest BCUT2D eigenvalue weighted by Gasteiger charge is 2.23. The maximum atomic E-state index is 12.6. The van der Waals surface area contributed by atoms with E-state index in [4.69, 9.17) is 4.98 Å². The zero-order valence-electron chi connectivity index (χ0n) is 15.2. The number of aryl methyl sites for hydroxylation is 1. The third kappa shape index (κ3) is 3.63. The van der Waals surface area contributed by atoms with Gasteiger partial charge in [-0.15, -0.1) is 0 Å². The lowest BCUT2D eigenvalue weighted by Crippen LogP contribution is -2.32. The van der Waals surface area contributed by atoms with Gasteiger partial charge < -0.3 is 9.47 Å². The minimum absolute atomic E-state index is 0.0370. The first-order valence-electron chi connectivity index (χ1n) is 9.20. The summed E-state index contributed by atoms with van der Waals surface area (Å²) in [5.74, 6) is 1.35. The molecule has 0 aliphatic carbocycles. The van der Waals surface area contributed by atoms with Crippen LogP contribution < -0.4 is 0 Å². The van der Waals surface area contributed by atoms with E-state index in [0.717, 1.165) is 42.8 Å². The molecule has 4 nitrogen and oxygen atoms in total. The molecule has 130 valence electrons. The van der Waals surface area contributed by atoms with E-state index in [1.165, 1.54) is 12.8 Å². The second kappa shape index (κ2) is 6.96. The quantitative estimate of drug-likeness (QED) is 0.850. The third-order valence-corrected chi connectivity index (χ3v) is 4.83. The van der Waals surface area contributed by atoms with Crippen molar-refractivity contribution < 1.29 is 4.79 Å². The number of aromatic nitrogens is 2. The number of imidazole rings is 1. The molecule has 1 aliphatic rings. The highest BCUT2D eigenvalue weighted by molar-refractivity contribution is 5.78. The molecule has 3 rings (SSSR count). The highest BCUT2D eigenvalue weighted by Crippen LogP contribution is 2.26. The molecule has 0 N–H and O–H groups in total. The fourth-order valence-electron chi connectivity index (χ4n) is 3.56. The molecule has 0 atom stereocenters. The third-order valence-electron chi connectivity index (χ3n) is 4.83. The van der Waals surface area contributed by atoms with Crippen LogP contribution in [-0.2, 0) is 16.8 Å². The predicted octanol–water partition coefficient (Wildman–Crippen LogP) is 4.13. The molecule has 1 aromatic carbocycles. The number of rotatable bonds is 3. The fourth-order valence-corrected chi connectivity index (χ4v) is 3.56. The van der Waals surface area contributed by atoms with Gasteiger partial charge in [-0.1, -0.05) is 45.7 Å². The normalized spacial score (nSPS) is 16.4. The van der Waals surface area contributed by atoms with E-state index in [1.807, 2.05) is 12.1 Å². The number of fused-ring (bicyclic) bond motifs is 1. The molecule has 1 amide bonds. The second-order valence-corrected chi connectivity index (χ2v) is 7.87. The summed E-state index contributed by atoms with van der Waals surface area (Å²) >= 11 is 0. The van der Waals surface area contributed by atoms with Gasteiger partial charge in [0.15, 0.2) is 0 Å². The summed E-state index contributed by atoms with van der Waals surface area (Å²) in [5.41, 5.74) is 2.11. The summed E-state index contributed by atoms with van der Waals surface area (Å²) in [6, 6.07) is 8.23.